The number of nitrogens with zero attached hydrogens (tertiary/aromatic N) is 2. The lowest BCUT2D eigenvalue weighted by Crippen LogP contribution is -2.44. The highest BCUT2D eigenvalue weighted by Crippen LogP contribution is 2.19. The molecule has 0 saturated carbocycles. The van der Waals surface area contributed by atoms with Crippen molar-refractivity contribution in [2.24, 2.45) is 0 Å². The molecule has 0 radical (unpaired) electrons. The predicted octanol–water partition coefficient (Wildman–Crippen LogP) is 2.71. The molecule has 6 heteroatoms. The summed E-state index contributed by atoms with van der Waals surface area (Å²) in [4.78, 5) is 28.8. The Morgan fingerprint density at radius 1 is 0.815 bits per heavy atom. The molecule has 0 bridgehead atoms. The van der Waals surface area contributed by atoms with Crippen molar-refractivity contribution in [3.8, 4) is 0 Å². The summed E-state index contributed by atoms with van der Waals surface area (Å²) in [5.41, 5.74) is 3.65. The molecule has 1 saturated heterocycles. The standard InChI is InChI=1S/C21H26N4O2/c1-16-3-5-17(6-4-16)22-20(26)15-21(27)23-18-7-9-19(10-8-18)25-13-11-24(2)12-14-25/h3-10H,11-15H2,1-2H3,(H,22,26)(H,23,27). The molecule has 1 heterocycles. The minimum Gasteiger partial charge on any atom is -0.369 e. The third-order valence-corrected chi connectivity index (χ3v) is 4.68. The molecule has 0 aromatic heterocycles. The van der Waals surface area contributed by atoms with Gasteiger partial charge in [0, 0.05) is 43.2 Å². The van der Waals surface area contributed by atoms with Crippen LogP contribution in [0.25, 0.3) is 0 Å². The monoisotopic (exact) mass is 366 g/mol. The zero-order valence-corrected chi connectivity index (χ0v) is 15.9. The lowest BCUT2D eigenvalue weighted by Gasteiger charge is -2.34. The molecule has 2 N–H and O–H groups in total. The zero-order chi connectivity index (χ0) is 19.2. The van der Waals surface area contributed by atoms with Crippen LogP contribution in [0.4, 0.5) is 17.1 Å². The number of anilines is 3. The van der Waals surface area contributed by atoms with Gasteiger partial charge in [-0.05, 0) is 50.4 Å². The molecule has 6 nitrogen and oxygen atoms in total. The number of likely N-dealkylation sites (N-methyl/N-ethyl adjacent to an activating group) is 1. The van der Waals surface area contributed by atoms with E-state index in [1.54, 1.807) is 0 Å². The van der Waals surface area contributed by atoms with Crippen molar-refractivity contribution >= 4 is 28.9 Å². The minimum absolute atomic E-state index is 0.214. The lowest BCUT2D eigenvalue weighted by atomic mass is 10.2. The van der Waals surface area contributed by atoms with E-state index in [0.29, 0.717) is 11.4 Å². The Bertz CT molecular complexity index is 779. The van der Waals surface area contributed by atoms with Crippen molar-refractivity contribution in [2.45, 2.75) is 13.3 Å². The van der Waals surface area contributed by atoms with Crippen LogP contribution in [-0.4, -0.2) is 49.9 Å². The van der Waals surface area contributed by atoms with E-state index in [2.05, 4.69) is 27.5 Å². The number of aryl methyl sites for hydroxylation is 1. The van der Waals surface area contributed by atoms with Gasteiger partial charge in [0.05, 0.1) is 0 Å². The molecule has 2 aromatic rings. The van der Waals surface area contributed by atoms with Gasteiger partial charge in [0.2, 0.25) is 11.8 Å². The first-order chi connectivity index (χ1) is 13.0. The van der Waals surface area contributed by atoms with Crippen LogP contribution in [0.1, 0.15) is 12.0 Å². The molecule has 0 atom stereocenters. The van der Waals surface area contributed by atoms with E-state index >= 15 is 0 Å². The van der Waals surface area contributed by atoms with Crippen molar-refractivity contribution in [3.63, 3.8) is 0 Å². The topological polar surface area (TPSA) is 64.7 Å². The quantitative estimate of drug-likeness (QED) is 0.799. The fourth-order valence-corrected chi connectivity index (χ4v) is 3.01. The second-order valence-corrected chi connectivity index (χ2v) is 6.98. The summed E-state index contributed by atoms with van der Waals surface area (Å²) in [5, 5.41) is 5.51. The Morgan fingerprint density at radius 2 is 1.30 bits per heavy atom. The maximum Gasteiger partial charge on any atom is 0.233 e. The fraction of sp³-hybridized carbons (Fsp3) is 0.333. The van der Waals surface area contributed by atoms with Gasteiger partial charge in [-0.3, -0.25) is 9.59 Å². The first kappa shape index (κ1) is 18.9. The van der Waals surface area contributed by atoms with E-state index in [0.717, 1.165) is 37.4 Å². The van der Waals surface area contributed by atoms with E-state index < -0.39 is 0 Å². The van der Waals surface area contributed by atoms with Crippen molar-refractivity contribution < 1.29 is 9.59 Å². The number of carbonyl (C=O) groups is 2. The minimum atomic E-state index is -0.328. The van der Waals surface area contributed by atoms with Gasteiger partial charge in [0.15, 0.2) is 0 Å². The summed E-state index contributed by atoms with van der Waals surface area (Å²) in [6.45, 7) is 6.08. The second-order valence-electron chi connectivity index (χ2n) is 6.98. The van der Waals surface area contributed by atoms with Gasteiger partial charge < -0.3 is 20.4 Å². The summed E-state index contributed by atoms with van der Waals surface area (Å²) in [6, 6.07) is 15.2. The predicted molar refractivity (Wildman–Crippen MR) is 109 cm³/mol. The largest absolute Gasteiger partial charge is 0.369 e. The Balaban J connectivity index is 1.48. The molecule has 2 aromatic carbocycles. The van der Waals surface area contributed by atoms with Gasteiger partial charge in [0.1, 0.15) is 6.42 Å². The van der Waals surface area contributed by atoms with Crippen molar-refractivity contribution in [3.05, 3.63) is 54.1 Å². The van der Waals surface area contributed by atoms with E-state index in [9.17, 15) is 9.59 Å². The highest BCUT2D eigenvalue weighted by molar-refractivity contribution is 6.08. The number of amides is 2. The average Bonchev–Trinajstić information content (AvgIpc) is 2.65. The number of piperazine rings is 1. The molecule has 2 amide bonds. The molecule has 142 valence electrons. The molecular weight excluding hydrogens is 340 g/mol. The molecule has 0 spiro atoms. The number of carbonyl (C=O) groups excluding carboxylic acids is 2. The molecule has 1 aliphatic rings. The normalized spacial score (nSPS) is 14.7. The number of rotatable bonds is 5. The molecular formula is C21H26N4O2. The number of benzene rings is 2. The smallest absolute Gasteiger partial charge is 0.233 e. The van der Waals surface area contributed by atoms with E-state index in [4.69, 9.17) is 0 Å². The van der Waals surface area contributed by atoms with Gasteiger partial charge >= 0.3 is 0 Å². The van der Waals surface area contributed by atoms with E-state index in [1.165, 1.54) is 0 Å². The van der Waals surface area contributed by atoms with Crippen LogP contribution in [0.5, 0.6) is 0 Å². The highest BCUT2D eigenvalue weighted by Gasteiger charge is 2.14. The van der Waals surface area contributed by atoms with Gasteiger partial charge in [-0.2, -0.15) is 0 Å². The lowest BCUT2D eigenvalue weighted by molar-refractivity contribution is -0.123. The van der Waals surface area contributed by atoms with Crippen LogP contribution in [-0.2, 0) is 9.59 Å². The van der Waals surface area contributed by atoms with Crippen LogP contribution in [0.2, 0.25) is 0 Å². The molecule has 1 fully saturated rings. The van der Waals surface area contributed by atoms with Crippen molar-refractivity contribution in [1.29, 1.82) is 0 Å². The highest BCUT2D eigenvalue weighted by atomic mass is 16.2. The van der Waals surface area contributed by atoms with Crippen LogP contribution in [0.3, 0.4) is 0 Å². The maximum atomic E-state index is 12.1. The SMILES string of the molecule is Cc1ccc(NC(=O)CC(=O)Nc2ccc(N3CCN(C)CC3)cc2)cc1. The second kappa shape index (κ2) is 8.68. The fourth-order valence-electron chi connectivity index (χ4n) is 3.01. The summed E-state index contributed by atoms with van der Waals surface area (Å²) in [5.74, 6) is -0.655. The molecule has 3 rings (SSSR count). The van der Waals surface area contributed by atoms with Crippen LogP contribution in [0, 0.1) is 6.92 Å². The number of hydrogen-bond donors (Lipinski definition) is 2. The Hall–Kier alpha value is -2.86. The van der Waals surface area contributed by atoms with Gasteiger partial charge in [-0.15, -0.1) is 0 Å². The van der Waals surface area contributed by atoms with Gasteiger partial charge in [-0.25, -0.2) is 0 Å². The van der Waals surface area contributed by atoms with Crippen LogP contribution < -0.4 is 15.5 Å². The Kier molecular flexibility index (Phi) is 6.08. The number of nitrogens with one attached hydrogen (secondary N) is 2. The first-order valence-electron chi connectivity index (χ1n) is 9.19. The Morgan fingerprint density at radius 3 is 1.81 bits per heavy atom. The molecule has 27 heavy (non-hydrogen) atoms. The summed E-state index contributed by atoms with van der Waals surface area (Å²) < 4.78 is 0. The van der Waals surface area contributed by atoms with Gasteiger partial charge in [-0.1, -0.05) is 17.7 Å². The van der Waals surface area contributed by atoms with Crippen LogP contribution >= 0.6 is 0 Å². The average molecular weight is 366 g/mol. The van der Waals surface area contributed by atoms with Crippen molar-refractivity contribution in [1.82, 2.24) is 4.90 Å². The van der Waals surface area contributed by atoms with Crippen molar-refractivity contribution in [2.75, 3.05) is 48.8 Å². The summed E-state index contributed by atoms with van der Waals surface area (Å²) in [6.07, 6.45) is -0.214. The van der Waals surface area contributed by atoms with Gasteiger partial charge in [0.25, 0.3) is 0 Å². The Labute approximate surface area is 160 Å². The summed E-state index contributed by atoms with van der Waals surface area (Å²) in [7, 11) is 2.13. The first-order valence-corrected chi connectivity index (χ1v) is 9.19. The maximum absolute atomic E-state index is 12.1. The molecule has 0 unspecified atom stereocenters. The van der Waals surface area contributed by atoms with E-state index in [1.807, 2.05) is 55.5 Å². The van der Waals surface area contributed by atoms with E-state index in [-0.39, 0.29) is 18.2 Å². The van der Waals surface area contributed by atoms with Crippen LogP contribution in [0.15, 0.2) is 48.5 Å². The molecule has 1 aliphatic heterocycles. The third-order valence-electron chi connectivity index (χ3n) is 4.68. The molecule has 0 aliphatic carbocycles. The number of hydrogen-bond acceptors (Lipinski definition) is 4. The third kappa shape index (κ3) is 5.56. The zero-order valence-electron chi connectivity index (χ0n) is 15.9. The summed E-state index contributed by atoms with van der Waals surface area (Å²) >= 11 is 0.